The lowest BCUT2D eigenvalue weighted by Crippen LogP contribution is -2.36. The second-order valence-electron chi connectivity index (χ2n) is 5.07. The van der Waals surface area contributed by atoms with Gasteiger partial charge in [-0.15, -0.1) is 0 Å². The van der Waals surface area contributed by atoms with E-state index in [9.17, 15) is 9.90 Å². The van der Waals surface area contributed by atoms with Crippen LogP contribution in [0.1, 0.15) is 36.3 Å². The number of aliphatic hydroxyl groups is 1. The molecule has 0 aliphatic carbocycles. The minimum Gasteiger partial charge on any atom is -0.478 e. The monoisotopic (exact) mass is 298 g/mol. The molecule has 1 atom stereocenters. The summed E-state index contributed by atoms with van der Waals surface area (Å²) in [6.07, 6.45) is 3.56. The maximum absolute atomic E-state index is 11.1. The number of aromatic carboxylic acids is 1. The Labute approximate surface area is 123 Å². The van der Waals surface area contributed by atoms with Crippen LogP contribution in [0.4, 0.5) is 5.82 Å². The van der Waals surface area contributed by atoms with E-state index < -0.39 is 11.6 Å². The average molecular weight is 298 g/mol. The molecule has 3 N–H and O–H groups in total. The summed E-state index contributed by atoms with van der Waals surface area (Å²) in [4.78, 5) is 15.5. The van der Waals surface area contributed by atoms with Gasteiger partial charge in [0.15, 0.2) is 0 Å². The molecule has 1 heterocycles. The van der Waals surface area contributed by atoms with Crippen LogP contribution in [0, 0.1) is 0 Å². The Morgan fingerprint density at radius 2 is 2.20 bits per heavy atom. The quantitative estimate of drug-likeness (QED) is 0.683. The number of aromatic nitrogens is 1. The molecule has 20 heavy (non-hydrogen) atoms. The first-order chi connectivity index (χ1) is 9.38. The summed E-state index contributed by atoms with van der Waals surface area (Å²) in [5.41, 5.74) is 0.112. The van der Waals surface area contributed by atoms with Gasteiger partial charge in [-0.1, -0.05) is 13.3 Å². The molecule has 0 aliphatic rings. The largest absolute Gasteiger partial charge is 0.478 e. The third-order valence-corrected chi connectivity index (χ3v) is 3.65. The molecule has 0 bridgehead atoms. The first kappa shape index (κ1) is 16.8. The Morgan fingerprint density at radius 3 is 2.75 bits per heavy atom. The topological polar surface area (TPSA) is 82.5 Å². The predicted octanol–water partition coefficient (Wildman–Crippen LogP) is 2.26. The molecule has 6 heteroatoms. The maximum atomic E-state index is 11.1. The fourth-order valence-corrected chi connectivity index (χ4v) is 2.55. The van der Waals surface area contributed by atoms with Crippen LogP contribution in [0.3, 0.4) is 0 Å². The van der Waals surface area contributed by atoms with Crippen LogP contribution in [-0.4, -0.2) is 45.3 Å². The number of hydrogen-bond donors (Lipinski definition) is 3. The van der Waals surface area contributed by atoms with Crippen molar-refractivity contribution >= 4 is 23.5 Å². The highest BCUT2D eigenvalue weighted by Crippen LogP contribution is 2.15. The molecule has 0 aliphatic heterocycles. The lowest BCUT2D eigenvalue weighted by atomic mass is 10.1. The van der Waals surface area contributed by atoms with Gasteiger partial charge in [0, 0.05) is 18.0 Å². The van der Waals surface area contributed by atoms with Crippen LogP contribution in [0.25, 0.3) is 0 Å². The summed E-state index contributed by atoms with van der Waals surface area (Å²) in [6.45, 7) is 4.09. The Bertz CT molecular complexity index is 464. The standard InChI is InChI=1S/C14H22N2O3S/c1-4-5-11-6-10(13(17)18)7-12(16-11)15-8-14(2,19)9-20-3/h6-7,19H,4-5,8-9H2,1-3H3,(H,15,16)(H,17,18). The second-order valence-corrected chi connectivity index (χ2v) is 5.94. The van der Waals surface area contributed by atoms with E-state index in [2.05, 4.69) is 10.3 Å². The van der Waals surface area contributed by atoms with Crippen LogP contribution in [0.5, 0.6) is 0 Å². The van der Waals surface area contributed by atoms with Crippen molar-refractivity contribution in [2.75, 3.05) is 23.9 Å². The van der Waals surface area contributed by atoms with Crippen LogP contribution in [0.2, 0.25) is 0 Å². The van der Waals surface area contributed by atoms with Crippen molar-refractivity contribution in [1.29, 1.82) is 0 Å². The van der Waals surface area contributed by atoms with Gasteiger partial charge in [0.1, 0.15) is 5.82 Å². The van der Waals surface area contributed by atoms with Crippen LogP contribution in [0.15, 0.2) is 12.1 Å². The lowest BCUT2D eigenvalue weighted by Gasteiger charge is -2.23. The van der Waals surface area contributed by atoms with E-state index in [0.717, 1.165) is 18.5 Å². The third-order valence-electron chi connectivity index (χ3n) is 2.74. The molecule has 0 spiro atoms. The zero-order chi connectivity index (χ0) is 15.2. The number of carboxylic acids is 1. The van der Waals surface area contributed by atoms with Gasteiger partial charge < -0.3 is 15.5 Å². The highest BCUT2D eigenvalue weighted by Gasteiger charge is 2.19. The van der Waals surface area contributed by atoms with Gasteiger partial charge in [0.05, 0.1) is 11.2 Å². The number of rotatable bonds is 8. The smallest absolute Gasteiger partial charge is 0.335 e. The number of thioether (sulfide) groups is 1. The summed E-state index contributed by atoms with van der Waals surface area (Å²) >= 11 is 1.56. The molecule has 0 radical (unpaired) electrons. The van der Waals surface area contributed by atoms with Gasteiger partial charge >= 0.3 is 5.97 Å². The highest BCUT2D eigenvalue weighted by atomic mass is 32.2. The predicted molar refractivity (Wildman–Crippen MR) is 82.7 cm³/mol. The van der Waals surface area contributed by atoms with Crippen molar-refractivity contribution in [2.45, 2.75) is 32.3 Å². The van der Waals surface area contributed by atoms with E-state index in [4.69, 9.17) is 5.11 Å². The molecular formula is C14H22N2O3S. The van der Waals surface area contributed by atoms with E-state index in [1.807, 2.05) is 13.2 Å². The fraction of sp³-hybridized carbons (Fsp3) is 0.571. The number of aryl methyl sites for hydroxylation is 1. The van der Waals surface area contributed by atoms with Gasteiger partial charge in [-0.05, 0) is 31.7 Å². The van der Waals surface area contributed by atoms with Crippen LogP contribution in [-0.2, 0) is 6.42 Å². The van der Waals surface area contributed by atoms with E-state index in [1.54, 1.807) is 24.8 Å². The second kappa shape index (κ2) is 7.50. The zero-order valence-electron chi connectivity index (χ0n) is 12.1. The van der Waals surface area contributed by atoms with Crippen molar-refractivity contribution < 1.29 is 15.0 Å². The Balaban J connectivity index is 2.85. The highest BCUT2D eigenvalue weighted by molar-refractivity contribution is 7.98. The van der Waals surface area contributed by atoms with E-state index in [-0.39, 0.29) is 5.56 Å². The Hall–Kier alpha value is -1.27. The molecule has 1 unspecified atom stereocenters. The average Bonchev–Trinajstić information content (AvgIpc) is 2.36. The molecular weight excluding hydrogens is 276 g/mol. The minimum absolute atomic E-state index is 0.218. The molecule has 0 aromatic carbocycles. The Kier molecular flexibility index (Phi) is 6.29. The van der Waals surface area contributed by atoms with E-state index >= 15 is 0 Å². The fourth-order valence-electron chi connectivity index (χ4n) is 1.83. The minimum atomic E-state index is -0.969. The number of pyridine rings is 1. The summed E-state index contributed by atoms with van der Waals surface area (Å²) in [5.74, 6) is 0.124. The molecule has 112 valence electrons. The first-order valence-corrected chi connectivity index (χ1v) is 7.97. The van der Waals surface area contributed by atoms with E-state index in [1.165, 1.54) is 6.07 Å². The van der Waals surface area contributed by atoms with Gasteiger partial charge in [-0.25, -0.2) is 9.78 Å². The van der Waals surface area contributed by atoms with Gasteiger partial charge in [0.2, 0.25) is 0 Å². The molecule has 1 aromatic heterocycles. The molecule has 1 rings (SSSR count). The first-order valence-electron chi connectivity index (χ1n) is 6.57. The molecule has 0 saturated carbocycles. The SMILES string of the molecule is CCCc1cc(C(=O)O)cc(NCC(C)(O)CSC)n1. The van der Waals surface area contributed by atoms with Gasteiger partial charge in [-0.2, -0.15) is 11.8 Å². The van der Waals surface area contributed by atoms with Crippen molar-refractivity contribution in [2.24, 2.45) is 0 Å². The lowest BCUT2D eigenvalue weighted by molar-refractivity contribution is 0.0696. The van der Waals surface area contributed by atoms with Crippen molar-refractivity contribution in [3.05, 3.63) is 23.4 Å². The number of nitrogens with one attached hydrogen (secondary N) is 1. The van der Waals surface area contributed by atoms with Crippen molar-refractivity contribution in [3.8, 4) is 0 Å². The number of nitrogens with zero attached hydrogens (tertiary/aromatic N) is 1. The molecule has 1 aromatic rings. The summed E-state index contributed by atoms with van der Waals surface area (Å²) in [6, 6.07) is 3.09. The molecule has 5 nitrogen and oxygen atoms in total. The summed E-state index contributed by atoms with van der Waals surface area (Å²) < 4.78 is 0. The third kappa shape index (κ3) is 5.38. The maximum Gasteiger partial charge on any atom is 0.335 e. The van der Waals surface area contributed by atoms with E-state index in [0.29, 0.717) is 18.1 Å². The number of anilines is 1. The Morgan fingerprint density at radius 1 is 1.50 bits per heavy atom. The zero-order valence-corrected chi connectivity index (χ0v) is 13.0. The number of hydrogen-bond acceptors (Lipinski definition) is 5. The van der Waals surface area contributed by atoms with Gasteiger partial charge in [-0.3, -0.25) is 0 Å². The van der Waals surface area contributed by atoms with Crippen LogP contribution >= 0.6 is 11.8 Å². The number of carbonyl (C=O) groups is 1. The van der Waals surface area contributed by atoms with Crippen molar-refractivity contribution in [1.82, 2.24) is 4.98 Å². The van der Waals surface area contributed by atoms with Crippen molar-refractivity contribution in [3.63, 3.8) is 0 Å². The molecule has 0 saturated heterocycles. The molecule has 0 amide bonds. The molecule has 0 fully saturated rings. The summed E-state index contributed by atoms with van der Waals surface area (Å²) in [7, 11) is 0. The van der Waals surface area contributed by atoms with Crippen LogP contribution < -0.4 is 5.32 Å². The number of carboxylic acid groups (broad SMARTS) is 1. The normalized spacial score (nSPS) is 13.8. The van der Waals surface area contributed by atoms with Gasteiger partial charge in [0.25, 0.3) is 0 Å². The summed E-state index contributed by atoms with van der Waals surface area (Å²) in [5, 5.41) is 22.2.